The van der Waals surface area contributed by atoms with Crippen LogP contribution in [0.1, 0.15) is 5.69 Å². The topological polar surface area (TPSA) is 54.3 Å². The molecule has 1 rings (SSSR count). The molecule has 0 saturated heterocycles. The molecule has 0 aliphatic carbocycles. The van der Waals surface area contributed by atoms with Gasteiger partial charge in [0.1, 0.15) is 0 Å². The second-order valence-corrected chi connectivity index (χ2v) is 5.02. The molecule has 0 spiro atoms. The minimum Gasteiger partial charge on any atom is -0.769 e. The summed E-state index contributed by atoms with van der Waals surface area (Å²) in [5, 5.41) is 0. The van der Waals surface area contributed by atoms with Gasteiger partial charge in [0.05, 0.1) is 5.75 Å². The molecule has 1 N–H and O–H groups in total. The fourth-order valence-corrected chi connectivity index (χ4v) is 1.65. The van der Waals surface area contributed by atoms with E-state index in [1.54, 1.807) is 24.4 Å². The van der Waals surface area contributed by atoms with Crippen molar-refractivity contribution in [1.82, 2.24) is 0 Å². The molecule has 5 heteroatoms. The summed E-state index contributed by atoms with van der Waals surface area (Å²) in [6, 6.07) is 5.22. The molecule has 1 aromatic heterocycles. The number of pyridine rings is 1. The molecular formula is C6H7NO2S2. The molecule has 1 aromatic rings. The Kier molecular flexibility index (Phi) is 2.53. The number of aromatic amines is 1. The first kappa shape index (κ1) is 8.58. The van der Waals surface area contributed by atoms with E-state index in [0.717, 1.165) is 0 Å². The Balaban J connectivity index is 2.82. The lowest BCUT2D eigenvalue weighted by Gasteiger charge is -2.05. The van der Waals surface area contributed by atoms with Crippen LogP contribution in [0.15, 0.2) is 24.4 Å². The van der Waals surface area contributed by atoms with Gasteiger partial charge in [-0.3, -0.25) is 4.21 Å². The van der Waals surface area contributed by atoms with Crippen LogP contribution >= 0.6 is 0 Å². The first-order valence-electron chi connectivity index (χ1n) is 2.97. The maximum Gasteiger partial charge on any atom is 0.191 e. The van der Waals surface area contributed by atoms with E-state index >= 15 is 0 Å². The lowest BCUT2D eigenvalue weighted by molar-refractivity contribution is -0.388. The summed E-state index contributed by atoms with van der Waals surface area (Å²) in [6.07, 6.45) is 1.66. The van der Waals surface area contributed by atoms with Gasteiger partial charge < -0.3 is 4.55 Å². The molecule has 0 aliphatic rings. The Morgan fingerprint density at radius 3 is 2.82 bits per heavy atom. The molecule has 1 atom stereocenters. The SMILES string of the molecule is O=S([O-])(=S)Cc1cccc[nH+]1. The number of H-pyrrole nitrogens is 1. The van der Waals surface area contributed by atoms with E-state index in [2.05, 4.69) is 16.2 Å². The van der Waals surface area contributed by atoms with Crippen molar-refractivity contribution in [3.63, 3.8) is 0 Å². The average Bonchev–Trinajstić information content (AvgIpc) is 1.85. The summed E-state index contributed by atoms with van der Waals surface area (Å²) in [7, 11) is -3.33. The summed E-state index contributed by atoms with van der Waals surface area (Å²) in [4.78, 5) is 2.78. The third kappa shape index (κ3) is 3.41. The second kappa shape index (κ2) is 3.25. The van der Waals surface area contributed by atoms with Crippen LogP contribution in [0.3, 0.4) is 0 Å². The van der Waals surface area contributed by atoms with E-state index in [0.29, 0.717) is 5.69 Å². The molecular weight excluding hydrogens is 182 g/mol. The van der Waals surface area contributed by atoms with Gasteiger partial charge in [0.15, 0.2) is 11.9 Å². The molecule has 0 saturated carbocycles. The summed E-state index contributed by atoms with van der Waals surface area (Å²) in [5.74, 6) is -0.108. The summed E-state index contributed by atoms with van der Waals surface area (Å²) >= 11 is 4.22. The van der Waals surface area contributed by atoms with Gasteiger partial charge in [-0.1, -0.05) is 6.07 Å². The van der Waals surface area contributed by atoms with Crippen LogP contribution in [-0.4, -0.2) is 8.76 Å². The molecule has 11 heavy (non-hydrogen) atoms. The van der Waals surface area contributed by atoms with Crippen LogP contribution < -0.4 is 4.98 Å². The Morgan fingerprint density at radius 1 is 1.64 bits per heavy atom. The Hall–Kier alpha value is -0.520. The standard InChI is InChI=1S/C6H7NO2S2/c8-11(9,10)5-6-3-1-2-4-7-6/h1-4H,5H2,(H,8,9,10). The third-order valence-electron chi connectivity index (χ3n) is 1.11. The highest BCUT2D eigenvalue weighted by molar-refractivity contribution is 8.29. The molecule has 0 aromatic carbocycles. The first-order valence-corrected chi connectivity index (χ1v) is 5.55. The smallest absolute Gasteiger partial charge is 0.191 e. The molecule has 0 fully saturated rings. The van der Waals surface area contributed by atoms with Crippen molar-refractivity contribution in [2.75, 3.05) is 0 Å². The van der Waals surface area contributed by atoms with Crippen molar-refractivity contribution in [1.29, 1.82) is 0 Å². The predicted octanol–water partition coefficient (Wildman–Crippen LogP) is -0.123. The van der Waals surface area contributed by atoms with E-state index in [1.165, 1.54) is 0 Å². The van der Waals surface area contributed by atoms with E-state index < -0.39 is 8.77 Å². The van der Waals surface area contributed by atoms with Crippen LogP contribution in [0.4, 0.5) is 0 Å². The van der Waals surface area contributed by atoms with E-state index in [1.807, 2.05) is 0 Å². The van der Waals surface area contributed by atoms with Crippen LogP contribution in [-0.2, 0) is 25.7 Å². The van der Waals surface area contributed by atoms with Gasteiger partial charge in [0.25, 0.3) is 0 Å². The molecule has 1 unspecified atom stereocenters. The normalized spacial score (nSPS) is 15.7. The average molecular weight is 189 g/mol. The summed E-state index contributed by atoms with van der Waals surface area (Å²) in [5.41, 5.74) is 0.613. The third-order valence-corrected chi connectivity index (χ3v) is 2.12. The molecule has 1 heterocycles. The van der Waals surface area contributed by atoms with E-state index in [-0.39, 0.29) is 5.75 Å². The number of aromatic nitrogens is 1. The maximum absolute atomic E-state index is 10.6. The minimum atomic E-state index is -3.33. The van der Waals surface area contributed by atoms with E-state index in [4.69, 9.17) is 0 Å². The van der Waals surface area contributed by atoms with Gasteiger partial charge in [-0.2, -0.15) is 0 Å². The minimum absolute atomic E-state index is 0.108. The number of rotatable bonds is 2. The fraction of sp³-hybridized carbons (Fsp3) is 0.167. The van der Waals surface area contributed by atoms with Gasteiger partial charge in [-0.25, -0.2) is 4.98 Å². The van der Waals surface area contributed by atoms with Crippen molar-refractivity contribution >= 4 is 20.0 Å². The molecule has 0 radical (unpaired) electrons. The lowest BCUT2D eigenvalue weighted by atomic mass is 10.4. The summed E-state index contributed by atoms with van der Waals surface area (Å²) < 4.78 is 21.2. The van der Waals surface area contributed by atoms with Gasteiger partial charge in [-0.15, -0.1) is 0 Å². The fourth-order valence-electron chi connectivity index (χ4n) is 0.711. The second-order valence-electron chi connectivity index (χ2n) is 2.09. The molecule has 60 valence electrons. The van der Waals surface area contributed by atoms with Crippen molar-refractivity contribution in [2.24, 2.45) is 0 Å². The Labute approximate surface area is 70.0 Å². The van der Waals surface area contributed by atoms with Crippen LogP contribution in [0, 0.1) is 0 Å². The number of hydrogen-bond donors (Lipinski definition) is 0. The monoisotopic (exact) mass is 189 g/mol. The van der Waals surface area contributed by atoms with Crippen molar-refractivity contribution in [3.05, 3.63) is 30.1 Å². The number of hydrogen-bond acceptors (Lipinski definition) is 3. The molecule has 0 bridgehead atoms. The van der Waals surface area contributed by atoms with Crippen molar-refractivity contribution in [3.8, 4) is 0 Å². The lowest BCUT2D eigenvalue weighted by Crippen LogP contribution is -2.13. The zero-order valence-electron chi connectivity index (χ0n) is 5.65. The Morgan fingerprint density at radius 2 is 2.36 bits per heavy atom. The maximum atomic E-state index is 10.6. The highest BCUT2D eigenvalue weighted by Gasteiger charge is 2.00. The quantitative estimate of drug-likeness (QED) is 0.651. The van der Waals surface area contributed by atoms with Crippen LogP contribution in [0.25, 0.3) is 0 Å². The molecule has 0 aliphatic heterocycles. The van der Waals surface area contributed by atoms with Crippen LogP contribution in [0.5, 0.6) is 0 Å². The highest BCUT2D eigenvalue weighted by atomic mass is 32.8. The van der Waals surface area contributed by atoms with Gasteiger partial charge in [-0.05, 0) is 20.0 Å². The Bertz CT molecular complexity index is 320. The zero-order chi connectivity index (χ0) is 8.32. The van der Waals surface area contributed by atoms with Gasteiger partial charge >= 0.3 is 0 Å². The van der Waals surface area contributed by atoms with Crippen molar-refractivity contribution in [2.45, 2.75) is 5.75 Å². The predicted molar refractivity (Wildman–Crippen MR) is 43.0 cm³/mol. The van der Waals surface area contributed by atoms with Gasteiger partial charge in [0.2, 0.25) is 0 Å². The van der Waals surface area contributed by atoms with Gasteiger partial charge in [0, 0.05) is 12.1 Å². The zero-order valence-corrected chi connectivity index (χ0v) is 7.28. The van der Waals surface area contributed by atoms with Crippen LogP contribution in [0.2, 0.25) is 0 Å². The first-order chi connectivity index (χ1) is 5.08. The molecule has 0 amide bonds. The van der Waals surface area contributed by atoms with Crippen molar-refractivity contribution < 1.29 is 13.7 Å². The highest BCUT2D eigenvalue weighted by Crippen LogP contribution is 1.95. The summed E-state index contributed by atoms with van der Waals surface area (Å²) in [6.45, 7) is 0. The largest absolute Gasteiger partial charge is 0.769 e. The number of nitrogens with one attached hydrogen (secondary N) is 1. The molecule has 3 nitrogen and oxygen atoms in total. The van der Waals surface area contributed by atoms with E-state index in [9.17, 15) is 8.76 Å².